The summed E-state index contributed by atoms with van der Waals surface area (Å²) in [4.78, 5) is 25.0. The van der Waals surface area contributed by atoms with Crippen LogP contribution < -0.4 is 4.74 Å². The van der Waals surface area contributed by atoms with Gasteiger partial charge in [-0.2, -0.15) is 0 Å². The van der Waals surface area contributed by atoms with Crippen molar-refractivity contribution in [3.63, 3.8) is 0 Å². The second-order valence-electron chi connectivity index (χ2n) is 7.73. The van der Waals surface area contributed by atoms with Gasteiger partial charge in [-0.15, -0.1) is 0 Å². The van der Waals surface area contributed by atoms with Crippen molar-refractivity contribution in [1.82, 2.24) is 0 Å². The molecule has 0 amide bonds. The number of benzene rings is 1. The van der Waals surface area contributed by atoms with Crippen molar-refractivity contribution in [2.45, 2.75) is 26.5 Å². The third-order valence-electron chi connectivity index (χ3n) is 6.50. The number of carbonyl (C=O) groups is 2. The fourth-order valence-corrected chi connectivity index (χ4v) is 4.42. The molecule has 0 radical (unpaired) electrons. The van der Waals surface area contributed by atoms with Crippen LogP contribution >= 0.6 is 0 Å². The minimum Gasteiger partial charge on any atom is -0.497 e. The first kappa shape index (κ1) is 23.2. The normalized spacial score (nSPS) is 23.8. The molecular weight excluding hydrogens is 374 g/mol. The number of ether oxygens (including phenoxy) is 4. The predicted octanol–water partition coefficient (Wildman–Crippen LogP) is 2.28. The van der Waals surface area contributed by atoms with Gasteiger partial charge in [0.1, 0.15) is 17.7 Å². The summed E-state index contributed by atoms with van der Waals surface area (Å²) in [6, 6.07) is 7.61. The molecule has 1 aromatic rings. The Morgan fingerprint density at radius 1 is 0.931 bits per heavy atom. The number of quaternary nitrogens is 1. The highest BCUT2D eigenvalue weighted by Crippen LogP contribution is 2.48. The van der Waals surface area contributed by atoms with Crippen LogP contribution in [0.2, 0.25) is 0 Å². The van der Waals surface area contributed by atoms with Crippen molar-refractivity contribution in [2.24, 2.45) is 17.8 Å². The van der Waals surface area contributed by atoms with Crippen LogP contribution in [0, 0.1) is 17.8 Å². The highest BCUT2D eigenvalue weighted by molar-refractivity contribution is 5.85. The summed E-state index contributed by atoms with van der Waals surface area (Å²) in [7, 11) is 6.46. The number of carbonyl (C=O) groups excluding carboxylic acids is 2. The van der Waals surface area contributed by atoms with Crippen LogP contribution in [0.15, 0.2) is 24.3 Å². The van der Waals surface area contributed by atoms with E-state index in [1.165, 1.54) is 14.2 Å². The molecule has 7 nitrogen and oxygen atoms in total. The molecule has 162 valence electrons. The summed E-state index contributed by atoms with van der Waals surface area (Å²) in [5, 5.41) is 0. The maximum absolute atomic E-state index is 12.5. The molecule has 0 saturated heterocycles. The molecule has 0 N–H and O–H groups in total. The van der Waals surface area contributed by atoms with Crippen molar-refractivity contribution in [1.29, 1.82) is 0 Å². The Bertz CT molecular complexity index is 685. The van der Waals surface area contributed by atoms with Crippen LogP contribution in [0.1, 0.15) is 19.4 Å². The summed E-state index contributed by atoms with van der Waals surface area (Å²) in [5.41, 5.74) is 1.02. The first-order valence-corrected chi connectivity index (χ1v) is 10.1. The van der Waals surface area contributed by atoms with Gasteiger partial charge in [-0.1, -0.05) is 12.1 Å². The Balaban J connectivity index is 2.18. The second-order valence-corrected chi connectivity index (χ2v) is 7.73. The standard InChI is InChI=1S/C22H34NO6/c1-7-23(3,8-2)20-17(18(21(24)27-5)19(20)22(25)28-6)14-29-13-15-9-11-16(26-4)12-10-15/h9-12,17-20H,7-8,13-14H2,1-6H3/q+1/t17-,18+,19-,20-/m1/s1. The van der Waals surface area contributed by atoms with E-state index in [0.717, 1.165) is 24.4 Å². The average Bonchev–Trinajstić information content (AvgIpc) is 2.75. The average molecular weight is 409 g/mol. The molecule has 0 aromatic heterocycles. The fraction of sp³-hybridized carbons (Fsp3) is 0.636. The maximum atomic E-state index is 12.5. The van der Waals surface area contributed by atoms with Gasteiger partial charge >= 0.3 is 11.9 Å². The number of rotatable bonds is 10. The first-order valence-electron chi connectivity index (χ1n) is 10.1. The zero-order valence-electron chi connectivity index (χ0n) is 18.3. The van der Waals surface area contributed by atoms with Gasteiger partial charge in [-0.3, -0.25) is 9.59 Å². The third kappa shape index (κ3) is 4.73. The molecule has 1 saturated carbocycles. The van der Waals surface area contributed by atoms with Gasteiger partial charge in [0.05, 0.1) is 60.6 Å². The van der Waals surface area contributed by atoms with E-state index in [-0.39, 0.29) is 23.9 Å². The van der Waals surface area contributed by atoms with E-state index >= 15 is 0 Å². The molecule has 0 heterocycles. The van der Waals surface area contributed by atoms with Crippen LogP contribution in [0.3, 0.4) is 0 Å². The summed E-state index contributed by atoms with van der Waals surface area (Å²) in [5.74, 6) is -1.14. The molecule has 0 bridgehead atoms. The van der Waals surface area contributed by atoms with Gasteiger partial charge in [-0.05, 0) is 31.5 Å². The lowest BCUT2D eigenvalue weighted by molar-refractivity contribution is -0.944. The van der Waals surface area contributed by atoms with Gasteiger partial charge in [-0.25, -0.2) is 0 Å². The number of hydrogen-bond donors (Lipinski definition) is 0. The molecule has 29 heavy (non-hydrogen) atoms. The zero-order chi connectivity index (χ0) is 21.6. The van der Waals surface area contributed by atoms with Gasteiger partial charge in [0, 0.05) is 5.92 Å². The van der Waals surface area contributed by atoms with Crippen LogP contribution in [0.4, 0.5) is 0 Å². The Kier molecular flexibility index (Phi) is 8.05. The summed E-state index contributed by atoms with van der Waals surface area (Å²) in [6.45, 7) is 6.68. The summed E-state index contributed by atoms with van der Waals surface area (Å²) >= 11 is 0. The van der Waals surface area contributed by atoms with E-state index in [1.54, 1.807) is 7.11 Å². The topological polar surface area (TPSA) is 71.1 Å². The molecule has 4 atom stereocenters. The molecule has 0 aliphatic heterocycles. The SMILES string of the molecule is CC[N+](C)(CC)[C@@H]1[C@H](COCc2ccc(OC)cc2)[C@H](C(=O)OC)[C@H]1C(=O)OC. The second kappa shape index (κ2) is 10.1. The van der Waals surface area contributed by atoms with Gasteiger partial charge in [0.2, 0.25) is 0 Å². The summed E-state index contributed by atoms with van der Waals surface area (Å²) in [6.07, 6.45) is 0. The van der Waals surface area contributed by atoms with Crippen LogP contribution in [0.5, 0.6) is 5.75 Å². The van der Waals surface area contributed by atoms with Gasteiger partial charge in [0.25, 0.3) is 0 Å². The molecule has 1 aliphatic rings. The van der Waals surface area contributed by atoms with Crippen molar-refractivity contribution in [3.05, 3.63) is 29.8 Å². The molecule has 0 unspecified atom stereocenters. The van der Waals surface area contributed by atoms with Crippen LogP contribution in [-0.2, 0) is 30.4 Å². The Morgan fingerprint density at radius 2 is 1.48 bits per heavy atom. The largest absolute Gasteiger partial charge is 0.497 e. The highest BCUT2D eigenvalue weighted by Gasteiger charge is 2.65. The predicted molar refractivity (Wildman–Crippen MR) is 108 cm³/mol. The molecule has 7 heteroatoms. The van der Waals surface area contributed by atoms with Crippen molar-refractivity contribution in [2.75, 3.05) is 48.1 Å². The smallest absolute Gasteiger partial charge is 0.315 e. The van der Waals surface area contributed by atoms with Crippen molar-refractivity contribution < 1.29 is 33.0 Å². The minimum absolute atomic E-state index is 0.0579. The van der Waals surface area contributed by atoms with Crippen molar-refractivity contribution >= 4 is 11.9 Å². The number of hydrogen-bond acceptors (Lipinski definition) is 6. The monoisotopic (exact) mass is 408 g/mol. The van der Waals surface area contributed by atoms with Crippen LogP contribution in [0.25, 0.3) is 0 Å². The minimum atomic E-state index is -0.552. The van der Waals surface area contributed by atoms with E-state index < -0.39 is 11.8 Å². The number of esters is 2. The van der Waals surface area contributed by atoms with E-state index in [2.05, 4.69) is 20.9 Å². The van der Waals surface area contributed by atoms with E-state index in [1.807, 2.05) is 24.3 Å². The zero-order valence-corrected chi connectivity index (χ0v) is 18.3. The number of methoxy groups -OCH3 is 3. The molecular formula is C22H34NO6+. The molecule has 1 fully saturated rings. The Hall–Kier alpha value is -2.12. The van der Waals surface area contributed by atoms with Crippen LogP contribution in [-0.4, -0.2) is 70.5 Å². The Labute approximate surface area is 173 Å². The fourth-order valence-electron chi connectivity index (χ4n) is 4.42. The lowest BCUT2D eigenvalue weighted by atomic mass is 9.59. The maximum Gasteiger partial charge on any atom is 0.315 e. The quantitative estimate of drug-likeness (QED) is 0.437. The third-order valence-corrected chi connectivity index (χ3v) is 6.50. The molecule has 2 rings (SSSR count). The van der Waals surface area contributed by atoms with Gasteiger partial charge in [0.15, 0.2) is 0 Å². The first-order chi connectivity index (χ1) is 13.9. The molecule has 1 aliphatic carbocycles. The highest BCUT2D eigenvalue weighted by atomic mass is 16.5. The molecule has 0 spiro atoms. The van der Waals surface area contributed by atoms with Gasteiger partial charge < -0.3 is 23.4 Å². The molecule has 1 aromatic carbocycles. The number of nitrogens with zero attached hydrogens (tertiary/aromatic N) is 1. The Morgan fingerprint density at radius 3 is 1.97 bits per heavy atom. The van der Waals surface area contributed by atoms with Crippen molar-refractivity contribution in [3.8, 4) is 5.75 Å². The summed E-state index contributed by atoms with van der Waals surface area (Å²) < 4.78 is 21.9. The van der Waals surface area contributed by atoms with E-state index in [0.29, 0.717) is 17.7 Å². The van der Waals surface area contributed by atoms with E-state index in [4.69, 9.17) is 18.9 Å². The van der Waals surface area contributed by atoms with E-state index in [9.17, 15) is 9.59 Å². The lowest BCUT2D eigenvalue weighted by Gasteiger charge is -2.56. The lowest BCUT2D eigenvalue weighted by Crippen LogP contribution is -2.72.